The molecule has 116 valence electrons. The molecule has 6 heteroatoms. The molecule has 0 unspecified atom stereocenters. The van der Waals surface area contributed by atoms with Gasteiger partial charge in [-0.15, -0.1) is 0 Å². The summed E-state index contributed by atoms with van der Waals surface area (Å²) in [6, 6.07) is 7.89. The lowest BCUT2D eigenvalue weighted by atomic mass is 10.2. The summed E-state index contributed by atoms with van der Waals surface area (Å²) in [4.78, 5) is 4.43. The van der Waals surface area contributed by atoms with Gasteiger partial charge in [0.1, 0.15) is 17.7 Å². The Hall–Kier alpha value is -3.02. The molecule has 0 bridgehead atoms. The van der Waals surface area contributed by atoms with E-state index >= 15 is 0 Å². The molecule has 4 rings (SSSR count). The van der Waals surface area contributed by atoms with Gasteiger partial charge in [0.2, 0.25) is 0 Å². The van der Waals surface area contributed by atoms with E-state index in [1.807, 2.05) is 22.9 Å². The lowest BCUT2D eigenvalue weighted by Gasteiger charge is -2.07. The molecule has 0 radical (unpaired) electrons. The number of imidazole rings is 1. The van der Waals surface area contributed by atoms with E-state index in [4.69, 9.17) is 9.26 Å². The molecule has 0 aliphatic heterocycles. The minimum atomic E-state index is 0.703. The molecule has 0 aliphatic rings. The van der Waals surface area contributed by atoms with Crippen LogP contribution in [0, 0.1) is 6.92 Å². The fourth-order valence-corrected chi connectivity index (χ4v) is 2.96. The molecular formula is C17H16N4O2. The molecule has 0 atom stereocenters. The van der Waals surface area contributed by atoms with E-state index in [9.17, 15) is 0 Å². The smallest absolute Gasteiger partial charge is 0.166 e. The third-order valence-corrected chi connectivity index (χ3v) is 4.21. The average molecular weight is 308 g/mol. The number of ether oxygens (including phenoxy) is 1. The number of rotatable bonds is 3. The summed E-state index contributed by atoms with van der Waals surface area (Å²) in [6.07, 6.45) is 5.25. The molecule has 3 heterocycles. The summed E-state index contributed by atoms with van der Waals surface area (Å²) in [6.45, 7) is 2.09. The van der Waals surface area contributed by atoms with Gasteiger partial charge in [-0.25, -0.2) is 4.98 Å². The predicted octanol–water partition coefficient (Wildman–Crippen LogP) is 3.34. The molecule has 0 fully saturated rings. The van der Waals surface area contributed by atoms with Gasteiger partial charge in [0.25, 0.3) is 0 Å². The zero-order valence-corrected chi connectivity index (χ0v) is 13.1. The second kappa shape index (κ2) is 5.01. The number of hydrogen-bond acceptors (Lipinski definition) is 4. The molecule has 1 aromatic carbocycles. The highest BCUT2D eigenvalue weighted by atomic mass is 16.5. The minimum Gasteiger partial charge on any atom is -0.497 e. The Morgan fingerprint density at radius 1 is 1.22 bits per heavy atom. The maximum absolute atomic E-state index is 5.38. The second-order valence-corrected chi connectivity index (χ2v) is 5.38. The van der Waals surface area contributed by atoms with Crippen molar-refractivity contribution in [3.8, 4) is 23.0 Å². The summed E-state index contributed by atoms with van der Waals surface area (Å²) in [5.41, 5.74) is 4.04. The fourth-order valence-electron chi connectivity index (χ4n) is 2.96. The topological polar surface area (TPSA) is 58.0 Å². The van der Waals surface area contributed by atoms with Crippen molar-refractivity contribution < 1.29 is 9.26 Å². The largest absolute Gasteiger partial charge is 0.497 e. The molecule has 0 saturated heterocycles. The summed E-state index contributed by atoms with van der Waals surface area (Å²) in [7, 11) is 3.73. The van der Waals surface area contributed by atoms with Gasteiger partial charge in [-0.2, -0.15) is 0 Å². The lowest BCUT2D eigenvalue weighted by molar-refractivity contribution is 0.415. The monoisotopic (exact) mass is 308 g/mol. The van der Waals surface area contributed by atoms with Crippen LogP contribution in [-0.2, 0) is 7.05 Å². The third kappa shape index (κ3) is 1.95. The summed E-state index contributed by atoms with van der Waals surface area (Å²) < 4.78 is 14.5. The molecule has 0 saturated carbocycles. The number of aryl methyl sites for hydroxylation is 1. The van der Waals surface area contributed by atoms with Crippen molar-refractivity contribution in [3.05, 3.63) is 48.6 Å². The Morgan fingerprint density at radius 3 is 2.83 bits per heavy atom. The quantitative estimate of drug-likeness (QED) is 0.582. The van der Waals surface area contributed by atoms with Crippen molar-refractivity contribution in [2.24, 2.45) is 7.05 Å². The van der Waals surface area contributed by atoms with E-state index in [1.165, 1.54) is 0 Å². The van der Waals surface area contributed by atoms with E-state index in [0.29, 0.717) is 5.69 Å². The number of hydrogen-bond donors (Lipinski definition) is 0. The number of fused-ring (bicyclic) bond motifs is 1. The predicted molar refractivity (Wildman–Crippen MR) is 86.8 cm³/mol. The molecule has 0 N–H and O–H groups in total. The molecule has 23 heavy (non-hydrogen) atoms. The van der Waals surface area contributed by atoms with Gasteiger partial charge in [-0.05, 0) is 25.1 Å². The summed E-state index contributed by atoms with van der Waals surface area (Å²) in [5.74, 6) is 1.57. The highest BCUT2D eigenvalue weighted by Crippen LogP contribution is 2.33. The second-order valence-electron chi connectivity index (χ2n) is 5.38. The summed E-state index contributed by atoms with van der Waals surface area (Å²) >= 11 is 0. The maximum Gasteiger partial charge on any atom is 0.166 e. The number of benzene rings is 1. The SMILES string of the molecule is COc1ccc2c(c1)c(-n1ccnc1-c1ccon1)c(C)n2C. The molecule has 0 aliphatic carbocycles. The van der Waals surface area contributed by atoms with Gasteiger partial charge >= 0.3 is 0 Å². The molecule has 6 nitrogen and oxygen atoms in total. The number of aromatic nitrogens is 4. The van der Waals surface area contributed by atoms with Gasteiger partial charge in [-0.1, -0.05) is 5.16 Å². The van der Waals surface area contributed by atoms with Crippen molar-refractivity contribution in [1.82, 2.24) is 19.3 Å². The van der Waals surface area contributed by atoms with Crippen LogP contribution in [0.25, 0.3) is 28.1 Å². The van der Waals surface area contributed by atoms with Crippen LogP contribution in [0.4, 0.5) is 0 Å². The van der Waals surface area contributed by atoms with Crippen molar-refractivity contribution in [3.63, 3.8) is 0 Å². The first-order valence-electron chi connectivity index (χ1n) is 7.28. The van der Waals surface area contributed by atoms with Gasteiger partial charge in [0.15, 0.2) is 5.82 Å². The third-order valence-electron chi connectivity index (χ3n) is 4.21. The molecule has 4 aromatic rings. The zero-order valence-electron chi connectivity index (χ0n) is 13.1. The first-order chi connectivity index (χ1) is 11.2. The van der Waals surface area contributed by atoms with Crippen molar-refractivity contribution >= 4 is 10.9 Å². The zero-order chi connectivity index (χ0) is 16.0. The molecule has 3 aromatic heterocycles. The highest BCUT2D eigenvalue weighted by molar-refractivity contribution is 5.92. The number of methoxy groups -OCH3 is 1. The van der Waals surface area contributed by atoms with Crippen LogP contribution in [0.15, 0.2) is 47.4 Å². The standard InChI is InChI=1S/C17H16N4O2/c1-11-16(13-10-12(22-3)4-5-15(13)20(11)2)21-8-7-18-17(21)14-6-9-23-19-14/h4-10H,1-3H3. The van der Waals surface area contributed by atoms with E-state index in [0.717, 1.165) is 33.9 Å². The van der Waals surface area contributed by atoms with E-state index < -0.39 is 0 Å². The normalized spacial score (nSPS) is 11.3. The van der Waals surface area contributed by atoms with Gasteiger partial charge in [0, 0.05) is 36.6 Å². The number of nitrogens with zero attached hydrogens (tertiary/aromatic N) is 4. The Labute approximate surface area is 132 Å². The van der Waals surface area contributed by atoms with Crippen LogP contribution in [-0.4, -0.2) is 26.4 Å². The van der Waals surface area contributed by atoms with Crippen molar-refractivity contribution in [2.75, 3.05) is 7.11 Å². The summed E-state index contributed by atoms with van der Waals surface area (Å²) in [5, 5.41) is 5.11. The van der Waals surface area contributed by atoms with E-state index in [-0.39, 0.29) is 0 Å². The Morgan fingerprint density at radius 2 is 2.09 bits per heavy atom. The highest BCUT2D eigenvalue weighted by Gasteiger charge is 2.18. The molecular weight excluding hydrogens is 292 g/mol. The average Bonchev–Trinajstić information content (AvgIpc) is 3.28. The van der Waals surface area contributed by atoms with Crippen LogP contribution < -0.4 is 4.74 Å². The van der Waals surface area contributed by atoms with Crippen molar-refractivity contribution in [2.45, 2.75) is 6.92 Å². The van der Waals surface area contributed by atoms with Crippen LogP contribution >= 0.6 is 0 Å². The van der Waals surface area contributed by atoms with E-state index in [2.05, 4.69) is 34.7 Å². The van der Waals surface area contributed by atoms with Crippen LogP contribution in [0.5, 0.6) is 5.75 Å². The van der Waals surface area contributed by atoms with Gasteiger partial charge in [0.05, 0.1) is 18.3 Å². The Balaban J connectivity index is 2.03. The Bertz CT molecular complexity index is 980. The first kappa shape index (κ1) is 13.6. The fraction of sp³-hybridized carbons (Fsp3) is 0.176. The first-order valence-corrected chi connectivity index (χ1v) is 7.28. The minimum absolute atomic E-state index is 0.703. The maximum atomic E-state index is 5.38. The van der Waals surface area contributed by atoms with Crippen LogP contribution in [0.2, 0.25) is 0 Å². The van der Waals surface area contributed by atoms with Crippen LogP contribution in [0.3, 0.4) is 0 Å². The Kier molecular flexibility index (Phi) is 2.97. The van der Waals surface area contributed by atoms with Crippen molar-refractivity contribution in [1.29, 1.82) is 0 Å². The van der Waals surface area contributed by atoms with Gasteiger partial charge in [-0.3, -0.25) is 4.57 Å². The van der Waals surface area contributed by atoms with Crippen LogP contribution in [0.1, 0.15) is 5.69 Å². The van der Waals surface area contributed by atoms with Gasteiger partial charge < -0.3 is 13.8 Å². The molecule has 0 amide bonds. The molecule has 0 spiro atoms. The lowest BCUT2D eigenvalue weighted by Crippen LogP contribution is -1.99. The van der Waals surface area contributed by atoms with E-state index in [1.54, 1.807) is 25.6 Å².